The van der Waals surface area contributed by atoms with Crippen molar-refractivity contribution in [2.75, 3.05) is 19.7 Å². The van der Waals surface area contributed by atoms with E-state index in [9.17, 15) is 18.3 Å². The maximum atomic E-state index is 13.2. The largest absolute Gasteiger partial charge is 0.481 e. The first-order valence-corrected chi connectivity index (χ1v) is 12.4. The van der Waals surface area contributed by atoms with Crippen LogP contribution in [0.4, 0.5) is 0 Å². The molecule has 7 heteroatoms. The summed E-state index contributed by atoms with van der Waals surface area (Å²) in [6.07, 6.45) is 0.351. The van der Waals surface area contributed by atoms with E-state index in [0.29, 0.717) is 24.1 Å². The summed E-state index contributed by atoms with van der Waals surface area (Å²) in [7, 11) is -3.70. The minimum Gasteiger partial charge on any atom is -0.481 e. The van der Waals surface area contributed by atoms with Crippen LogP contribution in [0.3, 0.4) is 0 Å². The lowest BCUT2D eigenvalue weighted by Gasteiger charge is -2.35. The fraction of sp³-hybridized carbons (Fsp3) is 0.269. The fourth-order valence-electron chi connectivity index (χ4n) is 3.88. The number of carbonyl (C=O) groups is 1. The van der Waals surface area contributed by atoms with Gasteiger partial charge in [-0.1, -0.05) is 85.8 Å². The van der Waals surface area contributed by atoms with Crippen molar-refractivity contribution in [1.82, 2.24) is 4.31 Å². The average molecular weight is 468 g/mol. The molecule has 3 aromatic carbocycles. The highest BCUT2D eigenvalue weighted by Crippen LogP contribution is 2.37. The number of sulfonamides is 1. The van der Waals surface area contributed by atoms with Crippen molar-refractivity contribution in [1.29, 1.82) is 0 Å². The summed E-state index contributed by atoms with van der Waals surface area (Å²) in [6, 6.07) is 26.7. The van der Waals surface area contributed by atoms with Crippen molar-refractivity contribution in [2.45, 2.75) is 30.3 Å². The van der Waals surface area contributed by atoms with Gasteiger partial charge in [0, 0.05) is 13.1 Å². The molecule has 3 rings (SSSR count). The quantitative estimate of drug-likeness (QED) is 0.423. The van der Waals surface area contributed by atoms with Gasteiger partial charge in [-0.25, -0.2) is 8.42 Å². The summed E-state index contributed by atoms with van der Waals surface area (Å²) in [4.78, 5) is 12.1. The number of hydrogen-bond acceptors (Lipinski definition) is 4. The minimum absolute atomic E-state index is 0.0309. The molecule has 0 atom stereocenters. The van der Waals surface area contributed by atoms with Crippen molar-refractivity contribution in [2.24, 2.45) is 0 Å². The first-order chi connectivity index (χ1) is 15.9. The number of hydrogen-bond donors (Lipinski definition) is 1. The van der Waals surface area contributed by atoms with Crippen LogP contribution in [0.25, 0.3) is 0 Å². The monoisotopic (exact) mass is 467 g/mol. The van der Waals surface area contributed by atoms with Gasteiger partial charge in [-0.2, -0.15) is 4.31 Å². The smallest absolute Gasteiger partial charge is 0.307 e. The lowest BCUT2D eigenvalue weighted by atomic mass is 9.83. The molecule has 0 unspecified atom stereocenters. The van der Waals surface area contributed by atoms with Crippen LogP contribution >= 0.6 is 0 Å². The van der Waals surface area contributed by atoms with Gasteiger partial charge in [0.15, 0.2) is 0 Å². The first kappa shape index (κ1) is 24.6. The molecule has 0 saturated carbocycles. The predicted molar refractivity (Wildman–Crippen MR) is 127 cm³/mol. The molecule has 0 radical (unpaired) electrons. The fourth-order valence-corrected chi connectivity index (χ4v) is 5.42. The number of nitrogens with zero attached hydrogens (tertiary/aromatic N) is 1. The molecular weight excluding hydrogens is 438 g/mol. The molecule has 0 aliphatic rings. The van der Waals surface area contributed by atoms with E-state index in [1.165, 1.54) is 4.31 Å². The Morgan fingerprint density at radius 1 is 0.848 bits per heavy atom. The van der Waals surface area contributed by atoms with Gasteiger partial charge in [0.1, 0.15) is 5.60 Å². The van der Waals surface area contributed by atoms with Gasteiger partial charge in [0.2, 0.25) is 10.0 Å². The molecule has 0 spiro atoms. The Hall–Kier alpha value is -3.00. The second-order valence-electron chi connectivity index (χ2n) is 7.70. The standard InChI is InChI=1S/C26H29NO5S/c1-2-18-27(33(30,31)24-16-10-5-11-17-24)19-20-32-26(21-25(28)29,22-12-6-3-7-13-22)23-14-8-4-9-15-23/h3-17H,2,18-21H2,1H3,(H,28,29). The van der Waals surface area contributed by atoms with E-state index >= 15 is 0 Å². The highest BCUT2D eigenvalue weighted by atomic mass is 32.2. The molecule has 0 aliphatic heterocycles. The highest BCUT2D eigenvalue weighted by Gasteiger charge is 2.38. The Kier molecular flexibility index (Phi) is 8.38. The highest BCUT2D eigenvalue weighted by molar-refractivity contribution is 7.89. The van der Waals surface area contributed by atoms with Crippen LogP contribution < -0.4 is 0 Å². The molecule has 3 aromatic rings. The first-order valence-electron chi connectivity index (χ1n) is 10.9. The number of carboxylic acids is 1. The topological polar surface area (TPSA) is 83.9 Å². The van der Waals surface area contributed by atoms with E-state index in [0.717, 1.165) is 0 Å². The van der Waals surface area contributed by atoms with Crippen LogP contribution in [0.15, 0.2) is 95.9 Å². The lowest BCUT2D eigenvalue weighted by molar-refractivity contribution is -0.144. The van der Waals surface area contributed by atoms with Crippen LogP contribution in [-0.4, -0.2) is 43.5 Å². The predicted octanol–water partition coefficient (Wildman–Crippen LogP) is 4.52. The van der Waals surface area contributed by atoms with E-state index in [1.54, 1.807) is 30.3 Å². The SMILES string of the molecule is CCCN(CCOC(CC(=O)O)(c1ccccc1)c1ccccc1)S(=O)(=O)c1ccccc1. The Morgan fingerprint density at radius 2 is 1.33 bits per heavy atom. The minimum atomic E-state index is -3.70. The van der Waals surface area contributed by atoms with Crippen LogP contribution in [0.2, 0.25) is 0 Å². The summed E-state index contributed by atoms with van der Waals surface area (Å²) in [6.45, 7) is 2.38. The summed E-state index contributed by atoms with van der Waals surface area (Å²) in [5.74, 6) is -1.01. The Bertz CT molecular complexity index is 1080. The van der Waals surface area contributed by atoms with E-state index in [1.807, 2.05) is 67.6 Å². The second kappa shape index (κ2) is 11.2. The lowest BCUT2D eigenvalue weighted by Crippen LogP contribution is -2.39. The second-order valence-corrected chi connectivity index (χ2v) is 9.63. The van der Waals surface area contributed by atoms with Gasteiger partial charge in [0.25, 0.3) is 0 Å². The number of carboxylic acid groups (broad SMARTS) is 1. The third kappa shape index (κ3) is 5.87. The molecule has 0 fully saturated rings. The maximum Gasteiger partial charge on any atom is 0.307 e. The summed E-state index contributed by atoms with van der Waals surface area (Å²) in [5.41, 5.74) is 0.154. The third-order valence-electron chi connectivity index (χ3n) is 5.42. The normalized spacial score (nSPS) is 12.1. The van der Waals surface area contributed by atoms with Crippen molar-refractivity contribution in [3.63, 3.8) is 0 Å². The molecule has 174 valence electrons. The molecule has 0 aliphatic carbocycles. The Balaban J connectivity index is 1.92. The Morgan fingerprint density at radius 3 is 1.79 bits per heavy atom. The molecule has 0 amide bonds. The third-order valence-corrected chi connectivity index (χ3v) is 7.34. The number of ether oxygens (including phenoxy) is 1. The molecule has 1 N–H and O–H groups in total. The van der Waals surface area contributed by atoms with E-state index in [4.69, 9.17) is 4.74 Å². The van der Waals surface area contributed by atoms with E-state index in [-0.39, 0.29) is 24.5 Å². The van der Waals surface area contributed by atoms with Crippen molar-refractivity contribution in [3.05, 3.63) is 102 Å². The molecule has 0 heterocycles. The average Bonchev–Trinajstić information content (AvgIpc) is 2.84. The number of aliphatic carboxylic acids is 1. The van der Waals surface area contributed by atoms with Crippen molar-refractivity contribution < 1.29 is 23.1 Å². The van der Waals surface area contributed by atoms with Gasteiger partial charge >= 0.3 is 5.97 Å². The van der Waals surface area contributed by atoms with Gasteiger partial charge in [-0.05, 0) is 29.7 Å². The zero-order valence-electron chi connectivity index (χ0n) is 18.6. The molecule has 0 aromatic heterocycles. The summed E-state index contributed by atoms with van der Waals surface area (Å²) in [5, 5.41) is 9.76. The molecule has 0 saturated heterocycles. The van der Waals surface area contributed by atoms with Crippen LogP contribution in [-0.2, 0) is 25.2 Å². The van der Waals surface area contributed by atoms with Gasteiger partial charge in [-0.3, -0.25) is 4.79 Å². The molecule has 6 nitrogen and oxygen atoms in total. The van der Waals surface area contributed by atoms with Gasteiger partial charge in [-0.15, -0.1) is 0 Å². The van der Waals surface area contributed by atoms with Crippen molar-refractivity contribution >= 4 is 16.0 Å². The van der Waals surface area contributed by atoms with Gasteiger partial charge < -0.3 is 9.84 Å². The summed E-state index contributed by atoms with van der Waals surface area (Å²) < 4.78 is 34.1. The molecule has 0 bridgehead atoms. The van der Waals surface area contributed by atoms with Crippen LogP contribution in [0, 0.1) is 0 Å². The number of rotatable bonds is 12. The molecule has 33 heavy (non-hydrogen) atoms. The van der Waals surface area contributed by atoms with E-state index < -0.39 is 21.6 Å². The van der Waals surface area contributed by atoms with Gasteiger partial charge in [0.05, 0.1) is 17.9 Å². The van der Waals surface area contributed by atoms with Crippen molar-refractivity contribution in [3.8, 4) is 0 Å². The zero-order chi connectivity index (χ0) is 23.7. The molecular formula is C26H29NO5S. The summed E-state index contributed by atoms with van der Waals surface area (Å²) >= 11 is 0. The Labute approximate surface area is 195 Å². The van der Waals surface area contributed by atoms with Crippen LogP contribution in [0.5, 0.6) is 0 Å². The zero-order valence-corrected chi connectivity index (χ0v) is 19.4. The van der Waals surface area contributed by atoms with E-state index in [2.05, 4.69) is 0 Å². The maximum absolute atomic E-state index is 13.2. The van der Waals surface area contributed by atoms with Crippen LogP contribution in [0.1, 0.15) is 30.9 Å². The number of benzene rings is 3.